The van der Waals surface area contributed by atoms with E-state index in [1.807, 2.05) is 0 Å². The average molecular weight is 288 g/mol. The summed E-state index contributed by atoms with van der Waals surface area (Å²) in [5, 5.41) is 11.7. The summed E-state index contributed by atoms with van der Waals surface area (Å²) in [5.41, 5.74) is 6.84. The number of hydrogen-bond donors (Lipinski definition) is 1. The van der Waals surface area contributed by atoms with Crippen molar-refractivity contribution in [1.29, 1.82) is 0 Å². The van der Waals surface area contributed by atoms with Crippen LogP contribution in [0.3, 0.4) is 0 Å². The third-order valence-electron chi connectivity index (χ3n) is 2.86. The van der Waals surface area contributed by atoms with Gasteiger partial charge in [-0.25, -0.2) is 4.39 Å². The minimum absolute atomic E-state index is 0.274. The molecule has 8 heteroatoms. The lowest BCUT2D eigenvalue weighted by molar-refractivity contribution is 0.422. The van der Waals surface area contributed by atoms with E-state index in [0.29, 0.717) is 36.9 Å². The van der Waals surface area contributed by atoms with E-state index in [4.69, 9.17) is 10.3 Å². The largest absolute Gasteiger partial charge is 0.332 e. The number of nitrogens with zero attached hydrogens (tertiary/aromatic N) is 5. The first-order valence-electron chi connectivity index (χ1n) is 6.42. The fraction of sp³-hybridized carbons (Fsp3) is 0.231. The maximum Gasteiger partial charge on any atom is 0.280 e. The molecule has 1 aromatic carbocycles. The van der Waals surface area contributed by atoms with Crippen molar-refractivity contribution in [1.82, 2.24) is 25.1 Å². The molecule has 0 fully saturated rings. The van der Waals surface area contributed by atoms with Crippen LogP contribution in [0.5, 0.6) is 0 Å². The normalized spacial score (nSPS) is 11.0. The van der Waals surface area contributed by atoms with Crippen LogP contribution >= 0.6 is 0 Å². The van der Waals surface area contributed by atoms with Crippen molar-refractivity contribution in [2.24, 2.45) is 5.73 Å². The topological polar surface area (TPSA) is 95.7 Å². The molecule has 0 spiro atoms. The monoisotopic (exact) mass is 288 g/mol. The summed E-state index contributed by atoms with van der Waals surface area (Å²) in [6.07, 6.45) is 2.16. The molecule has 2 heterocycles. The lowest BCUT2D eigenvalue weighted by Crippen LogP contribution is -2.10. The lowest BCUT2D eigenvalue weighted by Gasteiger charge is -1.95. The Kier molecular flexibility index (Phi) is 3.69. The number of aromatic nitrogens is 5. The van der Waals surface area contributed by atoms with Crippen LogP contribution in [0.2, 0.25) is 0 Å². The van der Waals surface area contributed by atoms with Gasteiger partial charge in [-0.2, -0.15) is 4.98 Å². The molecule has 0 saturated carbocycles. The Bertz CT molecular complexity index is 720. The first-order valence-corrected chi connectivity index (χ1v) is 6.42. The summed E-state index contributed by atoms with van der Waals surface area (Å²) in [5.74, 6) is 0.532. The molecule has 2 aromatic heterocycles. The zero-order valence-corrected chi connectivity index (χ0v) is 11.1. The van der Waals surface area contributed by atoms with Crippen LogP contribution in [0.15, 0.2) is 35.0 Å². The number of hydrogen-bond acceptors (Lipinski definition) is 6. The Morgan fingerprint density at radius 3 is 2.81 bits per heavy atom. The van der Waals surface area contributed by atoms with Crippen molar-refractivity contribution >= 4 is 0 Å². The summed E-state index contributed by atoms with van der Waals surface area (Å²) in [6.45, 7) is 1.05. The van der Waals surface area contributed by atoms with Crippen molar-refractivity contribution < 1.29 is 8.91 Å². The highest BCUT2D eigenvalue weighted by atomic mass is 19.1. The van der Waals surface area contributed by atoms with Gasteiger partial charge in [-0.05, 0) is 17.7 Å². The highest BCUT2D eigenvalue weighted by molar-refractivity contribution is 5.43. The van der Waals surface area contributed by atoms with Gasteiger partial charge in [0, 0.05) is 13.0 Å². The number of rotatable bonds is 5. The van der Waals surface area contributed by atoms with Gasteiger partial charge in [0.25, 0.3) is 5.89 Å². The number of halogens is 1. The van der Waals surface area contributed by atoms with Crippen molar-refractivity contribution in [2.45, 2.75) is 13.0 Å². The Hall–Kier alpha value is -2.61. The van der Waals surface area contributed by atoms with Crippen molar-refractivity contribution in [3.8, 4) is 11.6 Å². The Labute approximate surface area is 119 Å². The second-order valence-corrected chi connectivity index (χ2v) is 4.47. The predicted octanol–water partition coefficient (Wildman–Crippen LogP) is 1.02. The summed E-state index contributed by atoms with van der Waals surface area (Å²) < 4.78 is 19.6. The van der Waals surface area contributed by atoms with Crippen molar-refractivity contribution in [3.05, 3.63) is 47.7 Å². The molecule has 0 aliphatic heterocycles. The van der Waals surface area contributed by atoms with Crippen LogP contribution in [-0.2, 0) is 13.0 Å². The average Bonchev–Trinajstić information content (AvgIpc) is 3.11. The van der Waals surface area contributed by atoms with Gasteiger partial charge < -0.3 is 10.3 Å². The third-order valence-corrected chi connectivity index (χ3v) is 2.86. The van der Waals surface area contributed by atoms with E-state index in [9.17, 15) is 4.39 Å². The van der Waals surface area contributed by atoms with Crippen LogP contribution in [0.25, 0.3) is 11.6 Å². The third kappa shape index (κ3) is 3.11. The van der Waals surface area contributed by atoms with E-state index in [1.165, 1.54) is 12.1 Å². The smallest absolute Gasteiger partial charge is 0.280 e. The van der Waals surface area contributed by atoms with Crippen molar-refractivity contribution in [3.63, 3.8) is 0 Å². The molecular formula is C13H13FN6O. The molecule has 2 N–H and O–H groups in total. The Balaban J connectivity index is 1.74. The Morgan fingerprint density at radius 2 is 2.05 bits per heavy atom. The standard InChI is InChI=1S/C13H13FN6O/c14-10-3-1-9(2-4-10)7-12-16-13(21-18-12)11-8-20(6-5-15)19-17-11/h1-4,8H,5-7,15H2. The van der Waals surface area contributed by atoms with Crippen LogP contribution in [-0.4, -0.2) is 31.7 Å². The molecule has 3 aromatic rings. The van der Waals surface area contributed by atoms with E-state index < -0.39 is 0 Å². The molecule has 0 atom stereocenters. The summed E-state index contributed by atoms with van der Waals surface area (Å²) in [6, 6.07) is 6.16. The quantitative estimate of drug-likeness (QED) is 0.753. The first kappa shape index (κ1) is 13.4. The molecule has 0 bridgehead atoms. The lowest BCUT2D eigenvalue weighted by atomic mass is 10.1. The van der Waals surface area contributed by atoms with E-state index in [-0.39, 0.29) is 5.82 Å². The molecule has 0 unspecified atom stereocenters. The minimum atomic E-state index is -0.274. The molecule has 0 radical (unpaired) electrons. The first-order chi connectivity index (χ1) is 10.2. The molecule has 108 valence electrons. The van der Waals surface area contributed by atoms with E-state index in [0.717, 1.165) is 5.56 Å². The van der Waals surface area contributed by atoms with Gasteiger partial charge in [0.2, 0.25) is 0 Å². The summed E-state index contributed by atoms with van der Waals surface area (Å²) >= 11 is 0. The molecule has 0 aliphatic carbocycles. The molecular weight excluding hydrogens is 275 g/mol. The molecule has 0 aliphatic rings. The van der Waals surface area contributed by atoms with Gasteiger partial charge in [0.1, 0.15) is 5.82 Å². The van der Waals surface area contributed by atoms with Crippen molar-refractivity contribution in [2.75, 3.05) is 6.54 Å². The van der Waals surface area contributed by atoms with Gasteiger partial charge in [-0.15, -0.1) is 5.10 Å². The minimum Gasteiger partial charge on any atom is -0.332 e. The molecule has 0 amide bonds. The van der Waals surface area contributed by atoms with E-state index in [2.05, 4.69) is 20.5 Å². The number of benzene rings is 1. The SMILES string of the molecule is NCCn1cc(-c2nc(Cc3ccc(F)cc3)no2)nn1. The van der Waals surface area contributed by atoms with Gasteiger partial charge in [0.15, 0.2) is 11.5 Å². The van der Waals surface area contributed by atoms with Gasteiger partial charge in [-0.3, -0.25) is 4.68 Å². The maximum atomic E-state index is 12.8. The van der Waals surface area contributed by atoms with Gasteiger partial charge in [-0.1, -0.05) is 22.5 Å². The fourth-order valence-corrected chi connectivity index (χ4v) is 1.85. The zero-order chi connectivity index (χ0) is 14.7. The molecule has 21 heavy (non-hydrogen) atoms. The maximum absolute atomic E-state index is 12.8. The fourth-order valence-electron chi connectivity index (χ4n) is 1.85. The van der Waals surface area contributed by atoms with Gasteiger partial charge in [0.05, 0.1) is 12.7 Å². The van der Waals surface area contributed by atoms with Crippen LogP contribution in [0.1, 0.15) is 11.4 Å². The van der Waals surface area contributed by atoms with Crippen LogP contribution in [0.4, 0.5) is 4.39 Å². The summed E-state index contributed by atoms with van der Waals surface area (Å²) in [4.78, 5) is 4.25. The predicted molar refractivity (Wildman–Crippen MR) is 71.6 cm³/mol. The van der Waals surface area contributed by atoms with E-state index in [1.54, 1.807) is 23.0 Å². The zero-order valence-electron chi connectivity index (χ0n) is 11.1. The highest BCUT2D eigenvalue weighted by Gasteiger charge is 2.13. The van der Waals surface area contributed by atoms with Crippen LogP contribution < -0.4 is 5.73 Å². The number of nitrogens with two attached hydrogens (primary N) is 1. The molecule has 0 saturated heterocycles. The Morgan fingerprint density at radius 1 is 1.24 bits per heavy atom. The molecule has 3 rings (SSSR count). The second-order valence-electron chi connectivity index (χ2n) is 4.47. The highest BCUT2D eigenvalue weighted by Crippen LogP contribution is 2.15. The second kappa shape index (κ2) is 5.80. The van der Waals surface area contributed by atoms with Gasteiger partial charge >= 0.3 is 0 Å². The molecule has 7 nitrogen and oxygen atoms in total. The summed E-state index contributed by atoms with van der Waals surface area (Å²) in [7, 11) is 0. The van der Waals surface area contributed by atoms with E-state index >= 15 is 0 Å². The van der Waals surface area contributed by atoms with Crippen LogP contribution in [0, 0.1) is 5.82 Å².